The fourth-order valence-corrected chi connectivity index (χ4v) is 2.58. The molecule has 0 unspecified atom stereocenters. The van der Waals surface area contributed by atoms with Gasteiger partial charge < -0.3 is 19.6 Å². The third kappa shape index (κ3) is 3.36. The summed E-state index contributed by atoms with van der Waals surface area (Å²) < 4.78 is 5.47. The molecule has 2 rings (SSSR count). The SMILES string of the molecule is Cc1coc2c1[C@@H](NC(=O)CCCC(=O)[O-])CCC2. The molecule has 19 heavy (non-hydrogen) atoms. The normalized spacial score (nSPS) is 17.8. The standard InChI is InChI=1S/C14H19NO4/c1-9-8-19-11-5-2-4-10(14(9)11)15-12(16)6-3-7-13(17)18/h8,10H,2-7H2,1H3,(H,15,16)(H,17,18)/p-1/t10-/m0/s1. The summed E-state index contributed by atoms with van der Waals surface area (Å²) in [5.74, 6) is -0.262. The highest BCUT2D eigenvalue weighted by Crippen LogP contribution is 2.33. The summed E-state index contributed by atoms with van der Waals surface area (Å²) in [6, 6.07) is -0.00190. The Labute approximate surface area is 112 Å². The highest BCUT2D eigenvalue weighted by atomic mass is 16.4. The number of carboxylic acid groups (broad SMARTS) is 1. The smallest absolute Gasteiger partial charge is 0.220 e. The first-order valence-electron chi connectivity index (χ1n) is 6.64. The van der Waals surface area contributed by atoms with Crippen LogP contribution in [-0.4, -0.2) is 11.9 Å². The molecule has 0 aliphatic heterocycles. The third-order valence-corrected chi connectivity index (χ3v) is 3.47. The molecule has 1 heterocycles. The van der Waals surface area contributed by atoms with Crippen LogP contribution in [0.4, 0.5) is 0 Å². The molecule has 0 bridgehead atoms. The molecule has 0 radical (unpaired) electrons. The number of amides is 1. The van der Waals surface area contributed by atoms with Crippen LogP contribution in [0.3, 0.4) is 0 Å². The molecule has 1 amide bonds. The number of carbonyl (C=O) groups excluding carboxylic acids is 2. The van der Waals surface area contributed by atoms with Gasteiger partial charge in [-0.25, -0.2) is 0 Å². The van der Waals surface area contributed by atoms with E-state index in [1.807, 2.05) is 6.92 Å². The average molecular weight is 264 g/mol. The van der Waals surface area contributed by atoms with Gasteiger partial charge in [0, 0.05) is 24.4 Å². The van der Waals surface area contributed by atoms with E-state index >= 15 is 0 Å². The maximum Gasteiger partial charge on any atom is 0.220 e. The van der Waals surface area contributed by atoms with Crippen molar-refractivity contribution in [3.05, 3.63) is 23.2 Å². The average Bonchev–Trinajstić information content (AvgIpc) is 2.72. The summed E-state index contributed by atoms with van der Waals surface area (Å²) in [4.78, 5) is 22.1. The molecule has 5 heteroatoms. The number of aliphatic carboxylic acids is 1. The maximum absolute atomic E-state index is 11.8. The highest BCUT2D eigenvalue weighted by Gasteiger charge is 2.26. The van der Waals surface area contributed by atoms with Gasteiger partial charge in [0.2, 0.25) is 5.91 Å². The summed E-state index contributed by atoms with van der Waals surface area (Å²) in [6.45, 7) is 1.98. The van der Waals surface area contributed by atoms with E-state index in [2.05, 4.69) is 5.32 Å². The van der Waals surface area contributed by atoms with Crippen molar-refractivity contribution >= 4 is 11.9 Å². The van der Waals surface area contributed by atoms with Gasteiger partial charge in [0.15, 0.2) is 0 Å². The van der Waals surface area contributed by atoms with Crippen molar-refractivity contribution in [3.63, 3.8) is 0 Å². The van der Waals surface area contributed by atoms with Crippen molar-refractivity contribution in [2.75, 3.05) is 0 Å². The summed E-state index contributed by atoms with van der Waals surface area (Å²) in [5.41, 5.74) is 2.16. The first-order chi connectivity index (χ1) is 9.08. The third-order valence-electron chi connectivity index (χ3n) is 3.47. The largest absolute Gasteiger partial charge is 0.550 e. The van der Waals surface area contributed by atoms with E-state index in [0.29, 0.717) is 6.42 Å². The van der Waals surface area contributed by atoms with Crippen molar-refractivity contribution in [2.45, 2.75) is 51.5 Å². The van der Waals surface area contributed by atoms with Gasteiger partial charge in [-0.05, 0) is 38.2 Å². The second-order valence-corrected chi connectivity index (χ2v) is 4.99. The molecule has 0 saturated heterocycles. The van der Waals surface area contributed by atoms with Crippen molar-refractivity contribution in [1.29, 1.82) is 0 Å². The Hall–Kier alpha value is -1.78. The number of hydrogen-bond donors (Lipinski definition) is 1. The Balaban J connectivity index is 1.91. The molecule has 104 valence electrons. The van der Waals surface area contributed by atoms with Gasteiger partial charge in [-0.15, -0.1) is 0 Å². The van der Waals surface area contributed by atoms with Gasteiger partial charge in [-0.3, -0.25) is 4.79 Å². The number of fused-ring (bicyclic) bond motifs is 1. The minimum Gasteiger partial charge on any atom is -0.550 e. The van der Waals surface area contributed by atoms with Crippen LogP contribution in [-0.2, 0) is 16.0 Å². The quantitative estimate of drug-likeness (QED) is 0.860. The predicted octanol–water partition coefficient (Wildman–Crippen LogP) is 1.00. The Morgan fingerprint density at radius 3 is 3.00 bits per heavy atom. The molecule has 1 aliphatic carbocycles. The Bertz CT molecular complexity index is 478. The number of carboxylic acids is 1. The van der Waals surface area contributed by atoms with E-state index in [9.17, 15) is 14.7 Å². The number of furan rings is 1. The van der Waals surface area contributed by atoms with Gasteiger partial charge in [0.1, 0.15) is 5.76 Å². The number of nitrogens with one attached hydrogen (secondary N) is 1. The minimum atomic E-state index is -1.11. The van der Waals surface area contributed by atoms with Gasteiger partial charge in [-0.2, -0.15) is 0 Å². The lowest BCUT2D eigenvalue weighted by Crippen LogP contribution is -2.31. The van der Waals surface area contributed by atoms with E-state index in [4.69, 9.17) is 4.42 Å². The molecule has 1 aliphatic rings. The lowest BCUT2D eigenvalue weighted by Gasteiger charge is -2.23. The van der Waals surface area contributed by atoms with Crippen LogP contribution in [0.15, 0.2) is 10.7 Å². The zero-order valence-corrected chi connectivity index (χ0v) is 11.0. The summed E-state index contributed by atoms with van der Waals surface area (Å²) in [6.07, 6.45) is 5.00. The monoisotopic (exact) mass is 264 g/mol. The molecule has 1 aromatic rings. The Morgan fingerprint density at radius 1 is 1.47 bits per heavy atom. The van der Waals surface area contributed by atoms with Crippen LogP contribution < -0.4 is 10.4 Å². The molecular weight excluding hydrogens is 246 g/mol. The van der Waals surface area contributed by atoms with E-state index < -0.39 is 5.97 Å². The van der Waals surface area contributed by atoms with E-state index in [0.717, 1.165) is 36.1 Å². The second kappa shape index (κ2) is 5.91. The Morgan fingerprint density at radius 2 is 2.26 bits per heavy atom. The molecule has 1 N–H and O–H groups in total. The number of carbonyl (C=O) groups is 2. The van der Waals surface area contributed by atoms with Crippen molar-refractivity contribution < 1.29 is 19.1 Å². The zero-order chi connectivity index (χ0) is 13.8. The van der Waals surface area contributed by atoms with Gasteiger partial charge in [-0.1, -0.05) is 0 Å². The zero-order valence-electron chi connectivity index (χ0n) is 11.0. The highest BCUT2D eigenvalue weighted by molar-refractivity contribution is 5.77. The molecule has 1 aromatic heterocycles. The fraction of sp³-hybridized carbons (Fsp3) is 0.571. The molecular formula is C14H18NO4-. The van der Waals surface area contributed by atoms with Crippen LogP contribution in [0, 0.1) is 6.92 Å². The molecule has 0 fully saturated rings. The van der Waals surface area contributed by atoms with E-state index in [1.165, 1.54) is 0 Å². The molecule has 1 atom stereocenters. The van der Waals surface area contributed by atoms with Crippen molar-refractivity contribution in [1.82, 2.24) is 5.32 Å². The predicted molar refractivity (Wildman–Crippen MR) is 66.1 cm³/mol. The Kier molecular flexibility index (Phi) is 4.24. The second-order valence-electron chi connectivity index (χ2n) is 4.99. The fourth-order valence-electron chi connectivity index (χ4n) is 2.58. The van der Waals surface area contributed by atoms with Gasteiger partial charge >= 0.3 is 0 Å². The maximum atomic E-state index is 11.8. The number of rotatable bonds is 5. The van der Waals surface area contributed by atoms with E-state index in [-0.39, 0.29) is 24.8 Å². The van der Waals surface area contributed by atoms with Crippen molar-refractivity contribution in [2.24, 2.45) is 0 Å². The number of aryl methyl sites for hydroxylation is 2. The van der Waals surface area contributed by atoms with Crippen LogP contribution in [0.1, 0.15) is 55.0 Å². The van der Waals surface area contributed by atoms with Gasteiger partial charge in [0.05, 0.1) is 12.3 Å². The van der Waals surface area contributed by atoms with Crippen LogP contribution in [0.25, 0.3) is 0 Å². The number of hydrogen-bond acceptors (Lipinski definition) is 4. The topological polar surface area (TPSA) is 82.4 Å². The summed E-state index contributed by atoms with van der Waals surface area (Å²) in [5, 5.41) is 13.3. The first kappa shape index (κ1) is 13.6. The molecule has 0 saturated carbocycles. The molecule has 5 nitrogen and oxygen atoms in total. The molecule has 0 aromatic carbocycles. The first-order valence-corrected chi connectivity index (χ1v) is 6.64. The van der Waals surface area contributed by atoms with Gasteiger partial charge in [0.25, 0.3) is 0 Å². The minimum absolute atomic E-state index is 0.00190. The lowest BCUT2D eigenvalue weighted by molar-refractivity contribution is -0.305. The summed E-state index contributed by atoms with van der Waals surface area (Å²) in [7, 11) is 0. The van der Waals surface area contributed by atoms with Crippen molar-refractivity contribution in [3.8, 4) is 0 Å². The van der Waals surface area contributed by atoms with Crippen LogP contribution in [0.2, 0.25) is 0 Å². The summed E-state index contributed by atoms with van der Waals surface area (Å²) >= 11 is 0. The van der Waals surface area contributed by atoms with Crippen LogP contribution >= 0.6 is 0 Å². The van der Waals surface area contributed by atoms with Crippen LogP contribution in [0.5, 0.6) is 0 Å². The molecule has 0 spiro atoms. The van der Waals surface area contributed by atoms with E-state index in [1.54, 1.807) is 6.26 Å². The lowest BCUT2D eigenvalue weighted by atomic mass is 9.91.